The van der Waals surface area contributed by atoms with Crippen molar-refractivity contribution < 1.29 is 13.6 Å². The first-order chi connectivity index (χ1) is 8.16. The number of anilines is 1. The van der Waals surface area contributed by atoms with Crippen LogP contribution in [0.15, 0.2) is 18.2 Å². The topological polar surface area (TPSA) is 41.1 Å². The van der Waals surface area contributed by atoms with Crippen LogP contribution in [0.2, 0.25) is 0 Å². The van der Waals surface area contributed by atoms with E-state index < -0.39 is 11.6 Å². The molecule has 1 aliphatic heterocycles. The summed E-state index contributed by atoms with van der Waals surface area (Å²) in [6.07, 6.45) is 1.55. The number of nitrogens with one attached hydrogen (secondary N) is 2. The van der Waals surface area contributed by atoms with Crippen molar-refractivity contribution in [2.45, 2.75) is 12.8 Å². The fourth-order valence-electron chi connectivity index (χ4n) is 1.90. The number of carbonyl (C=O) groups excluding carboxylic acids is 1. The van der Waals surface area contributed by atoms with Crippen LogP contribution in [0.25, 0.3) is 0 Å². The van der Waals surface area contributed by atoms with Gasteiger partial charge in [-0.25, -0.2) is 8.78 Å². The molecule has 2 rings (SSSR count). The van der Waals surface area contributed by atoms with E-state index in [0.717, 1.165) is 38.1 Å². The van der Waals surface area contributed by atoms with E-state index in [2.05, 4.69) is 10.6 Å². The largest absolute Gasteiger partial charge is 0.326 e. The van der Waals surface area contributed by atoms with Crippen molar-refractivity contribution in [2.75, 3.05) is 18.4 Å². The summed E-state index contributed by atoms with van der Waals surface area (Å²) in [6.45, 7) is 1.63. The SMILES string of the molecule is O=C(Nc1ccc(F)c(F)c1)C1CCNCC1. The van der Waals surface area contributed by atoms with E-state index in [1.54, 1.807) is 0 Å². The summed E-state index contributed by atoms with van der Waals surface area (Å²) in [5.41, 5.74) is 0.299. The number of halogens is 2. The van der Waals surface area contributed by atoms with E-state index in [9.17, 15) is 13.6 Å². The van der Waals surface area contributed by atoms with Gasteiger partial charge >= 0.3 is 0 Å². The zero-order valence-corrected chi connectivity index (χ0v) is 9.30. The van der Waals surface area contributed by atoms with Gasteiger partial charge in [0, 0.05) is 17.7 Å². The fourth-order valence-corrected chi connectivity index (χ4v) is 1.90. The van der Waals surface area contributed by atoms with Gasteiger partial charge in [0.25, 0.3) is 0 Å². The lowest BCUT2D eigenvalue weighted by Gasteiger charge is -2.21. The van der Waals surface area contributed by atoms with Gasteiger partial charge in [0.15, 0.2) is 11.6 Å². The molecule has 2 N–H and O–H groups in total. The van der Waals surface area contributed by atoms with E-state index in [-0.39, 0.29) is 11.8 Å². The highest BCUT2D eigenvalue weighted by Crippen LogP contribution is 2.17. The molecule has 0 aromatic heterocycles. The molecule has 0 unspecified atom stereocenters. The number of hydrogen-bond acceptors (Lipinski definition) is 2. The molecular formula is C12H14F2N2O. The molecule has 1 aromatic rings. The lowest BCUT2D eigenvalue weighted by Crippen LogP contribution is -2.34. The summed E-state index contributed by atoms with van der Waals surface area (Å²) >= 11 is 0. The van der Waals surface area contributed by atoms with Crippen LogP contribution >= 0.6 is 0 Å². The van der Waals surface area contributed by atoms with E-state index in [4.69, 9.17) is 0 Å². The highest BCUT2D eigenvalue weighted by molar-refractivity contribution is 5.92. The van der Waals surface area contributed by atoms with Crippen LogP contribution in [0.4, 0.5) is 14.5 Å². The first kappa shape index (κ1) is 12.0. The molecule has 1 saturated heterocycles. The molecule has 1 aromatic carbocycles. The predicted molar refractivity (Wildman–Crippen MR) is 60.6 cm³/mol. The highest BCUT2D eigenvalue weighted by atomic mass is 19.2. The lowest BCUT2D eigenvalue weighted by atomic mass is 9.97. The number of hydrogen-bond donors (Lipinski definition) is 2. The molecule has 0 saturated carbocycles. The maximum absolute atomic E-state index is 12.9. The van der Waals surface area contributed by atoms with Crippen molar-refractivity contribution in [3.63, 3.8) is 0 Å². The van der Waals surface area contributed by atoms with Gasteiger partial charge in [-0.1, -0.05) is 0 Å². The Balaban J connectivity index is 1.99. The fraction of sp³-hybridized carbons (Fsp3) is 0.417. The molecule has 5 heteroatoms. The van der Waals surface area contributed by atoms with Crippen LogP contribution in [0.1, 0.15) is 12.8 Å². The minimum atomic E-state index is -0.951. The molecule has 1 fully saturated rings. The second-order valence-electron chi connectivity index (χ2n) is 4.14. The molecule has 0 atom stereocenters. The Kier molecular flexibility index (Phi) is 3.68. The molecule has 92 valence electrons. The summed E-state index contributed by atoms with van der Waals surface area (Å²) in [5, 5.41) is 5.77. The quantitative estimate of drug-likeness (QED) is 0.829. The monoisotopic (exact) mass is 240 g/mol. The van der Waals surface area contributed by atoms with Crippen molar-refractivity contribution in [3.8, 4) is 0 Å². The second kappa shape index (κ2) is 5.23. The van der Waals surface area contributed by atoms with Crippen molar-refractivity contribution in [2.24, 2.45) is 5.92 Å². The third-order valence-corrected chi connectivity index (χ3v) is 2.90. The van der Waals surface area contributed by atoms with Gasteiger partial charge in [-0.15, -0.1) is 0 Å². The number of benzene rings is 1. The highest BCUT2D eigenvalue weighted by Gasteiger charge is 2.21. The molecule has 0 radical (unpaired) electrons. The molecule has 1 heterocycles. The predicted octanol–water partition coefficient (Wildman–Crippen LogP) is 1.90. The molecule has 1 aliphatic rings. The average Bonchev–Trinajstić information content (AvgIpc) is 2.35. The first-order valence-corrected chi connectivity index (χ1v) is 5.63. The zero-order valence-electron chi connectivity index (χ0n) is 9.30. The van der Waals surface area contributed by atoms with Crippen LogP contribution in [-0.4, -0.2) is 19.0 Å². The van der Waals surface area contributed by atoms with Gasteiger partial charge in [0.05, 0.1) is 0 Å². The van der Waals surface area contributed by atoms with Gasteiger partial charge < -0.3 is 10.6 Å². The van der Waals surface area contributed by atoms with Gasteiger partial charge in [-0.05, 0) is 38.1 Å². The van der Waals surface area contributed by atoms with Crippen molar-refractivity contribution >= 4 is 11.6 Å². The Hall–Kier alpha value is -1.49. The standard InChI is InChI=1S/C12H14F2N2O/c13-10-2-1-9(7-11(10)14)16-12(17)8-3-5-15-6-4-8/h1-2,7-8,15H,3-6H2,(H,16,17). The molecule has 17 heavy (non-hydrogen) atoms. The Morgan fingerprint density at radius 1 is 1.24 bits per heavy atom. The minimum absolute atomic E-state index is 0.0515. The summed E-state index contributed by atoms with van der Waals surface area (Å²) in [6, 6.07) is 3.36. The maximum Gasteiger partial charge on any atom is 0.227 e. The van der Waals surface area contributed by atoms with Crippen LogP contribution in [0, 0.1) is 17.6 Å². The van der Waals surface area contributed by atoms with E-state index >= 15 is 0 Å². The van der Waals surface area contributed by atoms with E-state index in [1.807, 2.05) is 0 Å². The number of piperidine rings is 1. The van der Waals surface area contributed by atoms with Crippen molar-refractivity contribution in [1.82, 2.24) is 5.32 Å². The Morgan fingerprint density at radius 3 is 2.59 bits per heavy atom. The smallest absolute Gasteiger partial charge is 0.227 e. The molecule has 0 aliphatic carbocycles. The van der Waals surface area contributed by atoms with Gasteiger partial charge in [-0.2, -0.15) is 0 Å². The Morgan fingerprint density at radius 2 is 1.94 bits per heavy atom. The Bertz CT molecular complexity index is 417. The minimum Gasteiger partial charge on any atom is -0.326 e. The molecule has 0 spiro atoms. The van der Waals surface area contributed by atoms with Crippen LogP contribution < -0.4 is 10.6 Å². The van der Waals surface area contributed by atoms with Crippen LogP contribution in [0.5, 0.6) is 0 Å². The van der Waals surface area contributed by atoms with E-state index in [1.165, 1.54) is 6.07 Å². The third kappa shape index (κ3) is 3.00. The number of carbonyl (C=O) groups is 1. The van der Waals surface area contributed by atoms with Crippen molar-refractivity contribution in [3.05, 3.63) is 29.8 Å². The molecule has 3 nitrogen and oxygen atoms in total. The van der Waals surface area contributed by atoms with Gasteiger partial charge in [-0.3, -0.25) is 4.79 Å². The van der Waals surface area contributed by atoms with E-state index in [0.29, 0.717) is 5.69 Å². The number of amides is 1. The van der Waals surface area contributed by atoms with Gasteiger partial charge in [0.1, 0.15) is 0 Å². The zero-order chi connectivity index (χ0) is 12.3. The second-order valence-corrected chi connectivity index (χ2v) is 4.14. The number of rotatable bonds is 2. The normalized spacial score (nSPS) is 16.8. The Labute approximate surface area is 98.2 Å². The summed E-state index contributed by atoms with van der Waals surface area (Å²) in [4.78, 5) is 11.8. The van der Waals surface area contributed by atoms with Crippen LogP contribution in [-0.2, 0) is 4.79 Å². The maximum atomic E-state index is 12.9. The van der Waals surface area contributed by atoms with Gasteiger partial charge in [0.2, 0.25) is 5.91 Å². The summed E-state index contributed by atoms with van der Waals surface area (Å²) in [5.74, 6) is -2.04. The summed E-state index contributed by atoms with van der Waals surface area (Å²) < 4.78 is 25.6. The van der Waals surface area contributed by atoms with Crippen molar-refractivity contribution in [1.29, 1.82) is 0 Å². The summed E-state index contributed by atoms with van der Waals surface area (Å²) in [7, 11) is 0. The van der Waals surface area contributed by atoms with Crippen LogP contribution in [0.3, 0.4) is 0 Å². The third-order valence-electron chi connectivity index (χ3n) is 2.90. The molecule has 0 bridgehead atoms. The first-order valence-electron chi connectivity index (χ1n) is 5.63. The molecular weight excluding hydrogens is 226 g/mol. The average molecular weight is 240 g/mol. The lowest BCUT2D eigenvalue weighted by molar-refractivity contribution is -0.120. The molecule has 1 amide bonds.